The van der Waals surface area contributed by atoms with Gasteiger partial charge in [0.25, 0.3) is 12.9 Å². The molecule has 0 aliphatic carbocycles. The molecule has 19 heavy (non-hydrogen) atoms. The van der Waals surface area contributed by atoms with Crippen LogP contribution in [0.15, 0.2) is 0 Å². The summed E-state index contributed by atoms with van der Waals surface area (Å²) in [6.07, 6.45) is -0.954. The highest BCUT2D eigenvalue weighted by Crippen LogP contribution is 1.71. The Hall–Kier alpha value is -1.26. The maximum Gasteiger partial charge on any atom is 0.293 e. The third-order valence-corrected chi connectivity index (χ3v) is 1.17. The summed E-state index contributed by atoms with van der Waals surface area (Å²) in [7, 11) is 1.55. The van der Waals surface area contributed by atoms with Crippen molar-refractivity contribution in [3.05, 3.63) is 0 Å². The standard InChI is InChI=1S/C4H8O3.C3H8O3.C3H6O3/c1-6-2-3-7-4-5;4-1-3(6)2-5;4-1-2-6-3-5/h4H,2-3H2,1H3;3-6H,1-2H2;3-4H,1-2H2. The molecule has 0 spiro atoms. The van der Waals surface area contributed by atoms with Crippen LogP contribution in [0.3, 0.4) is 0 Å². The molecule has 0 unspecified atom stereocenters. The van der Waals surface area contributed by atoms with E-state index in [0.717, 1.165) is 0 Å². The molecule has 4 N–H and O–H groups in total. The number of aliphatic hydroxyl groups is 4. The fraction of sp³-hybridized carbons (Fsp3) is 0.800. The van der Waals surface area contributed by atoms with Crippen molar-refractivity contribution in [2.45, 2.75) is 6.10 Å². The molecule has 0 aromatic heterocycles. The molecule has 0 heterocycles. The summed E-state index contributed by atoms with van der Waals surface area (Å²) in [4.78, 5) is 18.6. The molecule has 0 aromatic carbocycles. The van der Waals surface area contributed by atoms with E-state index < -0.39 is 6.10 Å². The Bertz CT molecular complexity index is 161. The predicted molar refractivity (Wildman–Crippen MR) is 63.2 cm³/mol. The van der Waals surface area contributed by atoms with Gasteiger partial charge in [-0.05, 0) is 0 Å². The average molecular weight is 286 g/mol. The first kappa shape index (κ1) is 22.9. The summed E-state index contributed by atoms with van der Waals surface area (Å²) in [5.41, 5.74) is 0. The van der Waals surface area contributed by atoms with Crippen LogP contribution in [0, 0.1) is 0 Å². The van der Waals surface area contributed by atoms with Crippen molar-refractivity contribution in [3.8, 4) is 0 Å². The second kappa shape index (κ2) is 25.6. The van der Waals surface area contributed by atoms with Crippen LogP contribution < -0.4 is 0 Å². The summed E-state index contributed by atoms with van der Waals surface area (Å²) in [6.45, 7) is 0.795. The van der Waals surface area contributed by atoms with E-state index >= 15 is 0 Å². The lowest BCUT2D eigenvalue weighted by atomic mass is 10.4. The fourth-order valence-corrected chi connectivity index (χ4v) is 0.338. The second-order valence-corrected chi connectivity index (χ2v) is 2.67. The molecule has 0 aliphatic rings. The van der Waals surface area contributed by atoms with E-state index in [4.69, 9.17) is 20.4 Å². The largest absolute Gasteiger partial charge is 0.465 e. The van der Waals surface area contributed by atoms with Gasteiger partial charge < -0.3 is 34.6 Å². The monoisotopic (exact) mass is 286 g/mol. The van der Waals surface area contributed by atoms with Gasteiger partial charge in [-0.25, -0.2) is 0 Å². The van der Waals surface area contributed by atoms with Gasteiger partial charge in [-0.3, -0.25) is 9.59 Å². The van der Waals surface area contributed by atoms with Gasteiger partial charge in [0.1, 0.15) is 19.3 Å². The van der Waals surface area contributed by atoms with Gasteiger partial charge in [0, 0.05) is 7.11 Å². The minimum absolute atomic E-state index is 0.0985. The minimum Gasteiger partial charge on any atom is -0.465 e. The van der Waals surface area contributed by atoms with Gasteiger partial charge in [0.05, 0.1) is 26.4 Å². The first-order chi connectivity index (χ1) is 9.14. The van der Waals surface area contributed by atoms with Crippen LogP contribution in [0.4, 0.5) is 0 Å². The van der Waals surface area contributed by atoms with Crippen LogP contribution in [-0.2, 0) is 23.8 Å². The molecule has 0 fully saturated rings. The SMILES string of the molecule is COCCOC=O.O=COCCO.OCC(O)CO. The normalized spacial score (nSPS) is 8.53. The van der Waals surface area contributed by atoms with Crippen molar-refractivity contribution in [1.29, 1.82) is 0 Å². The molecule has 0 rings (SSSR count). The van der Waals surface area contributed by atoms with Crippen LogP contribution in [0.5, 0.6) is 0 Å². The maximum absolute atomic E-state index is 9.40. The lowest BCUT2D eigenvalue weighted by molar-refractivity contribution is -0.130. The van der Waals surface area contributed by atoms with Crippen LogP contribution >= 0.6 is 0 Å². The fourth-order valence-electron chi connectivity index (χ4n) is 0.338. The number of hydrogen-bond acceptors (Lipinski definition) is 9. The summed E-state index contributed by atoms with van der Waals surface area (Å²) < 4.78 is 12.9. The number of ether oxygens (including phenoxy) is 3. The maximum atomic E-state index is 9.40. The molecule has 0 saturated heterocycles. The molecular weight excluding hydrogens is 264 g/mol. The summed E-state index contributed by atoms with van der Waals surface area (Å²) >= 11 is 0. The van der Waals surface area contributed by atoms with E-state index in [9.17, 15) is 9.59 Å². The molecule has 9 nitrogen and oxygen atoms in total. The number of methoxy groups -OCH3 is 1. The third-order valence-electron chi connectivity index (χ3n) is 1.17. The number of aliphatic hydroxyl groups excluding tert-OH is 4. The minimum atomic E-state index is -0.954. The molecule has 0 radical (unpaired) electrons. The van der Waals surface area contributed by atoms with E-state index in [2.05, 4.69) is 14.2 Å². The number of rotatable bonds is 9. The average Bonchev–Trinajstić information content (AvgIpc) is 2.46. The highest BCUT2D eigenvalue weighted by atomic mass is 16.5. The van der Waals surface area contributed by atoms with Crippen molar-refractivity contribution < 1.29 is 44.2 Å². The molecule has 0 aromatic rings. The topological polar surface area (TPSA) is 143 Å². The van der Waals surface area contributed by atoms with E-state index in [1.54, 1.807) is 7.11 Å². The molecule has 0 bridgehead atoms. The van der Waals surface area contributed by atoms with Crippen LogP contribution in [0.25, 0.3) is 0 Å². The Balaban J connectivity index is -0.000000203. The Morgan fingerprint density at radius 2 is 1.42 bits per heavy atom. The molecule has 0 saturated carbocycles. The van der Waals surface area contributed by atoms with Crippen molar-refractivity contribution in [1.82, 2.24) is 0 Å². The molecular formula is C10H22O9. The Morgan fingerprint density at radius 1 is 0.947 bits per heavy atom. The second-order valence-electron chi connectivity index (χ2n) is 2.67. The summed E-state index contributed by atoms with van der Waals surface area (Å²) in [5, 5.41) is 31.9. The Morgan fingerprint density at radius 3 is 1.63 bits per heavy atom. The van der Waals surface area contributed by atoms with Gasteiger partial charge in [-0.2, -0.15) is 0 Å². The van der Waals surface area contributed by atoms with Gasteiger partial charge in [-0.1, -0.05) is 0 Å². The van der Waals surface area contributed by atoms with Crippen LogP contribution in [0.2, 0.25) is 0 Å². The number of hydrogen-bond donors (Lipinski definition) is 4. The smallest absolute Gasteiger partial charge is 0.293 e. The molecule has 9 heteroatoms. The zero-order valence-corrected chi connectivity index (χ0v) is 10.8. The van der Waals surface area contributed by atoms with Gasteiger partial charge in [-0.15, -0.1) is 0 Å². The van der Waals surface area contributed by atoms with E-state index in [1.165, 1.54) is 0 Å². The molecule has 116 valence electrons. The zero-order valence-electron chi connectivity index (χ0n) is 10.8. The lowest BCUT2D eigenvalue weighted by Gasteiger charge is -1.96. The highest BCUT2D eigenvalue weighted by molar-refractivity contribution is 5.36. The summed E-state index contributed by atoms with van der Waals surface area (Å²) in [5.74, 6) is 0. The number of carbonyl (C=O) groups is 2. The number of carbonyl (C=O) groups excluding carboxylic acids is 2. The van der Waals surface area contributed by atoms with Crippen LogP contribution in [0.1, 0.15) is 0 Å². The Kier molecular flexibility index (Phi) is 30.8. The first-order valence-electron chi connectivity index (χ1n) is 5.24. The molecule has 0 amide bonds. The predicted octanol–water partition coefficient (Wildman–Crippen LogP) is -2.71. The van der Waals surface area contributed by atoms with Crippen molar-refractivity contribution in [2.75, 3.05) is 46.8 Å². The van der Waals surface area contributed by atoms with E-state index in [-0.39, 0.29) is 26.4 Å². The first-order valence-corrected chi connectivity index (χ1v) is 5.24. The van der Waals surface area contributed by atoms with Crippen molar-refractivity contribution in [2.24, 2.45) is 0 Å². The van der Waals surface area contributed by atoms with Gasteiger partial charge >= 0.3 is 0 Å². The molecule has 0 atom stereocenters. The quantitative estimate of drug-likeness (QED) is 0.263. The Labute approximate surface area is 111 Å². The zero-order chi connectivity index (χ0) is 15.4. The van der Waals surface area contributed by atoms with E-state index in [1.807, 2.05) is 0 Å². The lowest BCUT2D eigenvalue weighted by Crippen LogP contribution is -2.15. The molecule has 0 aliphatic heterocycles. The summed E-state index contributed by atoms with van der Waals surface area (Å²) in [6, 6.07) is 0. The van der Waals surface area contributed by atoms with Crippen molar-refractivity contribution >= 4 is 12.9 Å². The van der Waals surface area contributed by atoms with Gasteiger partial charge in [0.2, 0.25) is 0 Å². The van der Waals surface area contributed by atoms with Gasteiger partial charge in [0.15, 0.2) is 0 Å². The van der Waals surface area contributed by atoms with Crippen LogP contribution in [-0.4, -0.2) is 86.2 Å². The van der Waals surface area contributed by atoms with E-state index in [0.29, 0.717) is 26.2 Å². The highest BCUT2D eigenvalue weighted by Gasteiger charge is 1.93. The van der Waals surface area contributed by atoms with Crippen molar-refractivity contribution in [3.63, 3.8) is 0 Å². The third kappa shape index (κ3) is 38.3.